The van der Waals surface area contributed by atoms with Crippen LogP contribution in [0.3, 0.4) is 0 Å². The van der Waals surface area contributed by atoms with E-state index in [-0.39, 0.29) is 11.8 Å². The minimum Gasteiger partial charge on any atom is -0.479 e. The first-order chi connectivity index (χ1) is 10.0. The predicted octanol–water partition coefficient (Wildman–Crippen LogP) is 3.37. The molecule has 0 radical (unpaired) electrons. The Balaban J connectivity index is 1.80. The molecule has 108 valence electrons. The van der Waals surface area contributed by atoms with E-state index < -0.39 is 6.10 Å². The maximum atomic E-state index is 12.0. The number of benzene rings is 1. The summed E-state index contributed by atoms with van der Waals surface area (Å²) in [5.41, 5.74) is 1.11. The van der Waals surface area contributed by atoms with Crippen molar-refractivity contribution in [2.45, 2.75) is 13.0 Å². The van der Waals surface area contributed by atoms with Crippen molar-refractivity contribution in [3.05, 3.63) is 39.5 Å². The van der Waals surface area contributed by atoms with E-state index in [1.165, 1.54) is 11.3 Å². The maximum absolute atomic E-state index is 12.0. The van der Waals surface area contributed by atoms with Gasteiger partial charge in [0.1, 0.15) is 5.75 Å². The van der Waals surface area contributed by atoms with Crippen LogP contribution in [0.15, 0.2) is 30.3 Å². The van der Waals surface area contributed by atoms with Crippen LogP contribution in [0.2, 0.25) is 4.34 Å². The number of nitrogens with one attached hydrogen (secondary N) is 2. The van der Waals surface area contributed by atoms with Crippen molar-refractivity contribution in [1.29, 1.82) is 0 Å². The van der Waals surface area contributed by atoms with E-state index in [4.69, 9.17) is 16.3 Å². The zero-order valence-electron chi connectivity index (χ0n) is 11.0. The number of fused-ring (bicyclic) bond motifs is 1. The topological polar surface area (TPSA) is 67.4 Å². The monoisotopic (exact) mass is 322 g/mol. The number of carbonyl (C=O) groups excluding carboxylic acids is 2. The number of hydrogen-bond donors (Lipinski definition) is 2. The molecular weight excluding hydrogens is 312 g/mol. The van der Waals surface area contributed by atoms with E-state index in [1.54, 1.807) is 37.3 Å². The molecule has 0 aliphatic carbocycles. The Hall–Kier alpha value is -2.05. The minimum atomic E-state index is -0.522. The van der Waals surface area contributed by atoms with Gasteiger partial charge in [-0.3, -0.25) is 9.59 Å². The van der Waals surface area contributed by atoms with Gasteiger partial charge in [-0.05, 0) is 37.3 Å². The van der Waals surface area contributed by atoms with Crippen LogP contribution in [0.25, 0.3) is 0 Å². The molecule has 1 aliphatic heterocycles. The molecule has 0 saturated heterocycles. The zero-order valence-corrected chi connectivity index (χ0v) is 12.5. The Bertz CT molecular complexity index is 729. The Labute approximate surface area is 129 Å². The molecule has 1 aliphatic rings. The van der Waals surface area contributed by atoms with Crippen LogP contribution in [0.1, 0.15) is 16.6 Å². The molecule has 1 aromatic heterocycles. The molecule has 5 nitrogen and oxygen atoms in total. The Morgan fingerprint density at radius 1 is 1.38 bits per heavy atom. The highest BCUT2D eigenvalue weighted by atomic mass is 35.5. The van der Waals surface area contributed by atoms with Crippen LogP contribution >= 0.6 is 22.9 Å². The second-order valence-electron chi connectivity index (χ2n) is 4.52. The quantitative estimate of drug-likeness (QED) is 0.890. The lowest BCUT2D eigenvalue weighted by molar-refractivity contribution is -0.122. The van der Waals surface area contributed by atoms with Crippen molar-refractivity contribution in [3.63, 3.8) is 0 Å². The number of carbonyl (C=O) groups is 2. The van der Waals surface area contributed by atoms with Crippen molar-refractivity contribution in [3.8, 4) is 5.75 Å². The highest BCUT2D eigenvalue weighted by molar-refractivity contribution is 7.18. The molecule has 7 heteroatoms. The molecule has 3 rings (SSSR count). The number of hydrogen-bond acceptors (Lipinski definition) is 4. The summed E-state index contributed by atoms with van der Waals surface area (Å²) in [4.78, 5) is 24.1. The third-order valence-electron chi connectivity index (χ3n) is 2.97. The SMILES string of the molecule is C[C@@H]1Oc2ccc(NC(=O)c3ccc(Cl)s3)cc2NC1=O. The molecule has 2 amide bonds. The van der Waals surface area contributed by atoms with Gasteiger partial charge >= 0.3 is 0 Å². The summed E-state index contributed by atoms with van der Waals surface area (Å²) in [5, 5.41) is 5.49. The van der Waals surface area contributed by atoms with Crippen molar-refractivity contribution in [2.24, 2.45) is 0 Å². The summed E-state index contributed by atoms with van der Waals surface area (Å²) in [6, 6.07) is 8.42. The summed E-state index contributed by atoms with van der Waals surface area (Å²) < 4.78 is 6.01. The van der Waals surface area contributed by atoms with E-state index in [9.17, 15) is 9.59 Å². The molecule has 0 bridgehead atoms. The van der Waals surface area contributed by atoms with Gasteiger partial charge in [-0.25, -0.2) is 0 Å². The van der Waals surface area contributed by atoms with Gasteiger partial charge in [0.2, 0.25) is 0 Å². The van der Waals surface area contributed by atoms with E-state index in [2.05, 4.69) is 10.6 Å². The third kappa shape index (κ3) is 2.86. The molecule has 2 N–H and O–H groups in total. The molecule has 0 saturated carbocycles. The van der Waals surface area contributed by atoms with Gasteiger partial charge in [0, 0.05) is 5.69 Å². The normalized spacial score (nSPS) is 16.7. The standard InChI is InChI=1S/C14H11ClN2O3S/c1-7-13(18)17-9-6-8(2-3-10(9)20-7)16-14(19)11-4-5-12(15)21-11/h2-7H,1H3,(H,16,19)(H,17,18)/t7-/m0/s1. The fourth-order valence-electron chi connectivity index (χ4n) is 1.92. The molecular formula is C14H11ClN2O3S. The second-order valence-corrected chi connectivity index (χ2v) is 6.23. The van der Waals surface area contributed by atoms with Crippen molar-refractivity contribution in [2.75, 3.05) is 10.6 Å². The zero-order chi connectivity index (χ0) is 15.0. The summed E-state index contributed by atoms with van der Waals surface area (Å²) >= 11 is 7.01. The molecule has 2 aromatic rings. The number of ether oxygens (including phenoxy) is 1. The third-order valence-corrected chi connectivity index (χ3v) is 4.20. The fraction of sp³-hybridized carbons (Fsp3) is 0.143. The molecule has 21 heavy (non-hydrogen) atoms. The number of rotatable bonds is 2. The molecule has 0 fully saturated rings. The van der Waals surface area contributed by atoms with E-state index in [0.29, 0.717) is 26.3 Å². The molecule has 1 atom stereocenters. The summed E-state index contributed by atoms with van der Waals surface area (Å²) in [6.45, 7) is 1.68. The first kappa shape index (κ1) is 13.9. The lowest BCUT2D eigenvalue weighted by atomic mass is 10.2. The van der Waals surface area contributed by atoms with E-state index in [1.807, 2.05) is 0 Å². The first-order valence-electron chi connectivity index (χ1n) is 6.21. The molecule has 1 aromatic carbocycles. The van der Waals surface area contributed by atoms with E-state index in [0.717, 1.165) is 0 Å². The predicted molar refractivity (Wildman–Crippen MR) is 82.4 cm³/mol. The van der Waals surface area contributed by atoms with Crippen LogP contribution in [-0.2, 0) is 4.79 Å². The van der Waals surface area contributed by atoms with Gasteiger partial charge in [0.15, 0.2) is 6.10 Å². The van der Waals surface area contributed by atoms with Gasteiger partial charge in [-0.2, -0.15) is 0 Å². The lowest BCUT2D eigenvalue weighted by Gasteiger charge is -2.23. The number of thiophene rings is 1. The van der Waals surface area contributed by atoms with Gasteiger partial charge in [0.05, 0.1) is 14.9 Å². The number of amides is 2. The highest BCUT2D eigenvalue weighted by Gasteiger charge is 2.23. The number of anilines is 2. The summed E-state index contributed by atoms with van der Waals surface area (Å²) in [6.07, 6.45) is -0.522. The van der Waals surface area contributed by atoms with Gasteiger partial charge in [-0.1, -0.05) is 11.6 Å². The van der Waals surface area contributed by atoms with Crippen molar-refractivity contribution < 1.29 is 14.3 Å². The minimum absolute atomic E-state index is 0.212. The van der Waals surface area contributed by atoms with E-state index >= 15 is 0 Å². The Morgan fingerprint density at radius 2 is 2.19 bits per heavy atom. The van der Waals surface area contributed by atoms with Gasteiger partial charge < -0.3 is 15.4 Å². The Morgan fingerprint density at radius 3 is 2.90 bits per heavy atom. The van der Waals surface area contributed by atoms with Crippen LogP contribution < -0.4 is 15.4 Å². The van der Waals surface area contributed by atoms with Crippen LogP contribution in [0.4, 0.5) is 11.4 Å². The largest absolute Gasteiger partial charge is 0.479 e. The molecule has 2 heterocycles. The fourth-order valence-corrected chi connectivity index (χ4v) is 2.85. The number of halogens is 1. The second kappa shape index (κ2) is 5.38. The maximum Gasteiger partial charge on any atom is 0.265 e. The Kier molecular flexibility index (Phi) is 3.57. The highest BCUT2D eigenvalue weighted by Crippen LogP contribution is 2.32. The first-order valence-corrected chi connectivity index (χ1v) is 7.40. The van der Waals surface area contributed by atoms with Crippen LogP contribution in [0, 0.1) is 0 Å². The molecule has 0 spiro atoms. The van der Waals surface area contributed by atoms with Crippen LogP contribution in [-0.4, -0.2) is 17.9 Å². The molecule has 0 unspecified atom stereocenters. The van der Waals surface area contributed by atoms with Gasteiger partial charge in [-0.15, -0.1) is 11.3 Å². The summed E-state index contributed by atoms with van der Waals surface area (Å²) in [7, 11) is 0. The van der Waals surface area contributed by atoms with Gasteiger partial charge in [0.25, 0.3) is 11.8 Å². The van der Waals surface area contributed by atoms with Crippen molar-refractivity contribution >= 4 is 46.1 Å². The smallest absolute Gasteiger partial charge is 0.265 e. The average Bonchev–Trinajstić information content (AvgIpc) is 2.87. The van der Waals surface area contributed by atoms with Crippen LogP contribution in [0.5, 0.6) is 5.75 Å². The lowest BCUT2D eigenvalue weighted by Crippen LogP contribution is -2.34. The summed E-state index contributed by atoms with van der Waals surface area (Å²) in [5.74, 6) is 0.124. The average molecular weight is 323 g/mol. The van der Waals surface area contributed by atoms with Crippen molar-refractivity contribution in [1.82, 2.24) is 0 Å².